The van der Waals surface area contributed by atoms with Crippen LogP contribution in [-0.2, 0) is 0 Å². The van der Waals surface area contributed by atoms with Gasteiger partial charge in [0.15, 0.2) is 0 Å². The minimum absolute atomic E-state index is 0.330. The van der Waals surface area contributed by atoms with Crippen LogP contribution in [0.25, 0.3) is 0 Å². The third-order valence-electron chi connectivity index (χ3n) is 4.69. The molecule has 2 aromatic rings. The molecule has 0 bridgehead atoms. The van der Waals surface area contributed by atoms with Crippen molar-refractivity contribution in [1.82, 2.24) is 0 Å². The van der Waals surface area contributed by atoms with Gasteiger partial charge in [0.1, 0.15) is 0 Å². The van der Waals surface area contributed by atoms with Crippen LogP contribution in [0.1, 0.15) is 45.4 Å². The van der Waals surface area contributed by atoms with Gasteiger partial charge in [-0.15, -0.1) is 23.5 Å². The molecule has 1 aliphatic rings. The fourth-order valence-electron chi connectivity index (χ4n) is 3.25. The first-order valence-electron chi connectivity index (χ1n) is 8.80. The molecular weight excluding hydrogens is 316 g/mol. The normalized spacial score (nSPS) is 19.3. The highest BCUT2D eigenvalue weighted by molar-refractivity contribution is 8.18. The Hall–Kier alpha value is -0.860. The average molecular weight is 343 g/mol. The fourth-order valence-corrected chi connectivity index (χ4v) is 6.63. The Bertz CT molecular complexity index is 538. The van der Waals surface area contributed by atoms with E-state index in [1.807, 2.05) is 0 Å². The molecule has 1 atom stereocenters. The van der Waals surface area contributed by atoms with Crippen molar-refractivity contribution in [3.63, 3.8) is 0 Å². The third kappa shape index (κ3) is 4.36. The van der Waals surface area contributed by atoms with E-state index in [1.165, 1.54) is 48.3 Å². The average Bonchev–Trinajstić information content (AvgIpc) is 2.59. The maximum absolute atomic E-state index is 2.30. The van der Waals surface area contributed by atoms with Crippen LogP contribution in [0.3, 0.4) is 0 Å². The third-order valence-corrected chi connectivity index (χ3v) is 7.97. The van der Waals surface area contributed by atoms with Crippen molar-refractivity contribution < 1.29 is 0 Å². The number of benzene rings is 2. The van der Waals surface area contributed by atoms with Crippen molar-refractivity contribution in [3.05, 3.63) is 60.7 Å². The first-order valence-corrected chi connectivity index (χ1v) is 10.4. The van der Waals surface area contributed by atoms with Gasteiger partial charge < -0.3 is 0 Å². The Balaban J connectivity index is 1.75. The second kappa shape index (κ2) is 8.30. The van der Waals surface area contributed by atoms with Crippen LogP contribution in [-0.4, -0.2) is 4.08 Å². The maximum Gasteiger partial charge on any atom is 0.0733 e. The lowest BCUT2D eigenvalue weighted by molar-refractivity contribution is 0.275. The lowest BCUT2D eigenvalue weighted by atomic mass is 9.80. The summed E-state index contributed by atoms with van der Waals surface area (Å²) >= 11 is 4.20. The zero-order chi connectivity index (χ0) is 16.0. The molecule has 0 saturated heterocycles. The summed E-state index contributed by atoms with van der Waals surface area (Å²) in [7, 11) is 0. The summed E-state index contributed by atoms with van der Waals surface area (Å²) < 4.78 is 0.330. The number of unbranched alkanes of at least 4 members (excludes halogenated alkanes) is 2. The van der Waals surface area contributed by atoms with Gasteiger partial charge in [-0.1, -0.05) is 62.6 Å². The van der Waals surface area contributed by atoms with E-state index < -0.39 is 0 Å². The van der Waals surface area contributed by atoms with E-state index in [0.29, 0.717) is 4.08 Å². The van der Waals surface area contributed by atoms with Crippen molar-refractivity contribution in [2.45, 2.75) is 59.3 Å². The minimum atomic E-state index is 0.330. The molecule has 2 aromatic carbocycles. The standard InChI is InChI=1S/C21H26S2/c1-2-3-6-11-18-16-17-21(18,22-19-12-7-4-8-13-19)23-20-14-9-5-10-15-20/h4-5,7-10,12-15,18H,2-3,6,11,16-17H2,1H3. The summed E-state index contributed by atoms with van der Waals surface area (Å²) in [6.45, 7) is 2.30. The van der Waals surface area contributed by atoms with Crippen LogP contribution in [0.2, 0.25) is 0 Å². The second-order valence-electron chi connectivity index (χ2n) is 6.37. The highest BCUT2D eigenvalue weighted by Gasteiger charge is 2.47. The zero-order valence-electron chi connectivity index (χ0n) is 13.9. The SMILES string of the molecule is CCCCCC1CCC1(Sc1ccccc1)Sc1ccccc1. The molecule has 3 rings (SSSR count). The lowest BCUT2D eigenvalue weighted by Gasteiger charge is -2.49. The van der Waals surface area contributed by atoms with Crippen LogP contribution in [0.4, 0.5) is 0 Å². The van der Waals surface area contributed by atoms with Crippen molar-refractivity contribution in [2.75, 3.05) is 0 Å². The van der Waals surface area contributed by atoms with Crippen molar-refractivity contribution in [2.24, 2.45) is 5.92 Å². The molecule has 1 aliphatic carbocycles. The van der Waals surface area contributed by atoms with Gasteiger partial charge in [0.2, 0.25) is 0 Å². The summed E-state index contributed by atoms with van der Waals surface area (Å²) in [5.41, 5.74) is 0. The van der Waals surface area contributed by atoms with Crippen molar-refractivity contribution in [1.29, 1.82) is 0 Å². The summed E-state index contributed by atoms with van der Waals surface area (Å²) in [5.74, 6) is 0.837. The van der Waals surface area contributed by atoms with Crippen molar-refractivity contribution in [3.8, 4) is 0 Å². The number of thioether (sulfide) groups is 2. The van der Waals surface area contributed by atoms with Gasteiger partial charge >= 0.3 is 0 Å². The Morgan fingerprint density at radius 2 is 1.43 bits per heavy atom. The predicted molar refractivity (Wildman–Crippen MR) is 104 cm³/mol. The van der Waals surface area contributed by atoms with E-state index >= 15 is 0 Å². The largest absolute Gasteiger partial charge is 0.108 e. The van der Waals surface area contributed by atoms with Crippen LogP contribution in [0.5, 0.6) is 0 Å². The Morgan fingerprint density at radius 3 is 1.87 bits per heavy atom. The number of hydrogen-bond donors (Lipinski definition) is 0. The van der Waals surface area contributed by atoms with Gasteiger partial charge in [-0.05, 0) is 49.4 Å². The van der Waals surface area contributed by atoms with Crippen LogP contribution in [0.15, 0.2) is 70.5 Å². The van der Waals surface area contributed by atoms with Crippen LogP contribution >= 0.6 is 23.5 Å². The molecule has 2 heteroatoms. The molecule has 0 spiro atoms. The molecule has 0 amide bonds. The first-order chi connectivity index (χ1) is 11.3. The topological polar surface area (TPSA) is 0 Å². The van der Waals surface area contributed by atoms with Gasteiger partial charge in [0.25, 0.3) is 0 Å². The fraction of sp³-hybridized carbons (Fsp3) is 0.429. The first kappa shape index (κ1) is 17.0. The molecule has 1 unspecified atom stereocenters. The molecule has 0 N–H and O–H groups in total. The summed E-state index contributed by atoms with van der Waals surface area (Å²) in [6.07, 6.45) is 8.17. The molecular formula is C21H26S2. The van der Waals surface area contributed by atoms with Crippen molar-refractivity contribution >= 4 is 23.5 Å². The van der Waals surface area contributed by atoms with Crippen LogP contribution in [0, 0.1) is 5.92 Å². The zero-order valence-corrected chi connectivity index (χ0v) is 15.5. The molecule has 0 nitrogen and oxygen atoms in total. The summed E-state index contributed by atoms with van der Waals surface area (Å²) in [5, 5.41) is 0. The lowest BCUT2D eigenvalue weighted by Crippen LogP contribution is -2.41. The van der Waals surface area contributed by atoms with E-state index in [1.54, 1.807) is 0 Å². The highest BCUT2D eigenvalue weighted by Crippen LogP contribution is 2.61. The number of hydrogen-bond acceptors (Lipinski definition) is 2. The Labute approximate surface area is 149 Å². The van der Waals surface area contributed by atoms with E-state index in [4.69, 9.17) is 0 Å². The molecule has 0 heterocycles. The molecule has 0 aromatic heterocycles. The van der Waals surface area contributed by atoms with Gasteiger partial charge in [0, 0.05) is 9.79 Å². The molecule has 23 heavy (non-hydrogen) atoms. The van der Waals surface area contributed by atoms with Gasteiger partial charge in [-0.3, -0.25) is 0 Å². The number of rotatable bonds is 8. The van der Waals surface area contributed by atoms with E-state index in [0.717, 1.165) is 5.92 Å². The minimum Gasteiger partial charge on any atom is -0.108 e. The quantitative estimate of drug-likeness (QED) is 0.366. The Morgan fingerprint density at radius 1 is 0.870 bits per heavy atom. The monoisotopic (exact) mass is 342 g/mol. The van der Waals surface area contributed by atoms with E-state index in [-0.39, 0.29) is 0 Å². The van der Waals surface area contributed by atoms with Crippen LogP contribution < -0.4 is 0 Å². The summed E-state index contributed by atoms with van der Waals surface area (Å²) in [6, 6.07) is 21.9. The predicted octanol–water partition coefficient (Wildman–Crippen LogP) is 7.26. The van der Waals surface area contributed by atoms with Gasteiger partial charge in [0.05, 0.1) is 4.08 Å². The van der Waals surface area contributed by atoms with Gasteiger partial charge in [-0.25, -0.2) is 0 Å². The molecule has 1 saturated carbocycles. The molecule has 122 valence electrons. The van der Waals surface area contributed by atoms with E-state index in [2.05, 4.69) is 91.1 Å². The Kier molecular flexibility index (Phi) is 6.13. The van der Waals surface area contributed by atoms with E-state index in [9.17, 15) is 0 Å². The van der Waals surface area contributed by atoms with Gasteiger partial charge in [-0.2, -0.15) is 0 Å². The molecule has 0 aliphatic heterocycles. The highest BCUT2D eigenvalue weighted by atomic mass is 32.2. The molecule has 0 radical (unpaired) electrons. The summed E-state index contributed by atoms with van der Waals surface area (Å²) in [4.78, 5) is 2.83. The second-order valence-corrected chi connectivity index (χ2v) is 9.44. The smallest absolute Gasteiger partial charge is 0.0733 e. The molecule has 1 fully saturated rings. The maximum atomic E-state index is 2.30.